The Kier molecular flexibility index (Phi) is 32.6. The van der Waals surface area contributed by atoms with Crippen molar-refractivity contribution in [3.63, 3.8) is 0 Å². The molecule has 0 spiro atoms. The van der Waals surface area contributed by atoms with Crippen molar-refractivity contribution in [3.8, 4) is 0 Å². The van der Waals surface area contributed by atoms with Crippen LogP contribution in [0, 0.1) is 0 Å². The smallest absolute Gasteiger partial charge is 0.306 e. The van der Waals surface area contributed by atoms with E-state index in [0.29, 0.717) is 12.8 Å². The molecule has 0 radical (unpaired) electrons. The van der Waals surface area contributed by atoms with Gasteiger partial charge in [-0.05, 0) is 12.8 Å². The van der Waals surface area contributed by atoms with E-state index in [0.717, 1.165) is 38.5 Å². The highest BCUT2D eigenvalue weighted by atomic mass is 16.7. The zero-order valence-electron chi connectivity index (χ0n) is 38.4. The van der Waals surface area contributed by atoms with Crippen LogP contribution >= 0.6 is 0 Å². The van der Waals surface area contributed by atoms with Gasteiger partial charge in [-0.1, -0.05) is 168 Å². The first-order valence-electron chi connectivity index (χ1n) is 24.6. The summed E-state index contributed by atoms with van der Waals surface area (Å²) in [6, 6.07) is 0. The first-order valence-corrected chi connectivity index (χ1v) is 24.6. The number of hydrogen-bond donors (Lipinski definition) is 7. The molecule has 62 heavy (non-hydrogen) atoms. The third-order valence-electron chi connectivity index (χ3n) is 12.1. The molecule has 0 aliphatic carbocycles. The lowest BCUT2D eigenvalue weighted by Gasteiger charge is -2.42. The molecular weight excluding hydrogens is 805 g/mol. The Balaban J connectivity index is 1.81. The first kappa shape index (κ1) is 56.6. The number of rotatable bonds is 38. The Morgan fingerprint density at radius 3 is 1.26 bits per heavy atom. The molecule has 2 fully saturated rings. The number of ether oxygens (including phenoxy) is 6. The average Bonchev–Trinajstić information content (AvgIpc) is 3.26. The van der Waals surface area contributed by atoms with Gasteiger partial charge in [-0.15, -0.1) is 0 Å². The summed E-state index contributed by atoms with van der Waals surface area (Å²) in [7, 11) is 0. The van der Waals surface area contributed by atoms with Crippen LogP contribution < -0.4 is 0 Å². The van der Waals surface area contributed by atoms with Crippen LogP contribution in [0.4, 0.5) is 0 Å². The molecule has 0 aromatic heterocycles. The van der Waals surface area contributed by atoms with E-state index in [2.05, 4.69) is 13.8 Å². The Morgan fingerprint density at radius 1 is 0.452 bits per heavy atom. The van der Waals surface area contributed by atoms with Crippen LogP contribution in [0.2, 0.25) is 0 Å². The van der Waals surface area contributed by atoms with Crippen molar-refractivity contribution in [2.24, 2.45) is 0 Å². The highest BCUT2D eigenvalue weighted by Crippen LogP contribution is 2.26. The van der Waals surface area contributed by atoms with Gasteiger partial charge in [0, 0.05) is 12.8 Å². The van der Waals surface area contributed by atoms with Crippen LogP contribution in [0.15, 0.2) is 0 Å². The quantitative estimate of drug-likeness (QED) is 0.0277. The van der Waals surface area contributed by atoms with E-state index in [1.165, 1.54) is 116 Å². The maximum absolute atomic E-state index is 12.9. The van der Waals surface area contributed by atoms with Gasteiger partial charge < -0.3 is 64.2 Å². The minimum absolute atomic E-state index is 0.172. The number of esters is 2. The molecule has 2 heterocycles. The van der Waals surface area contributed by atoms with Crippen molar-refractivity contribution in [2.45, 2.75) is 261 Å². The number of unbranched alkanes of at least 4 members (excludes halogenated alkanes) is 24. The van der Waals surface area contributed by atoms with Crippen molar-refractivity contribution in [2.75, 3.05) is 26.4 Å². The molecule has 0 unspecified atom stereocenters. The monoisotopic (exact) mass is 893 g/mol. The lowest BCUT2D eigenvalue weighted by molar-refractivity contribution is -0.332. The van der Waals surface area contributed by atoms with E-state index >= 15 is 0 Å². The first-order chi connectivity index (χ1) is 30.0. The molecule has 2 aliphatic rings. The standard InChI is InChI=1S/C47H88O15/c1-3-5-7-9-11-13-15-16-17-18-20-21-23-25-27-29-38(49)57-32-35(60-39(50)30-28-26-24-22-19-14-12-10-8-6-4-2)33-58-46-45(56)43(54)41(52)37(62-46)34-59-47-44(55)42(53)40(51)36(31-48)61-47/h35-37,40-48,51-56H,3-34H2,1-2H3/t35-,36-,37-,40-,41-,42+,43+,44-,45-,46+,47+/m1/s1. The molecule has 366 valence electrons. The number of carbonyl (C=O) groups is 2. The number of hydrogen-bond acceptors (Lipinski definition) is 15. The van der Waals surface area contributed by atoms with Gasteiger partial charge in [-0.3, -0.25) is 9.59 Å². The highest BCUT2D eigenvalue weighted by molar-refractivity contribution is 5.70. The molecule has 2 rings (SSSR count). The Labute approximate surface area is 372 Å². The molecule has 15 heteroatoms. The summed E-state index contributed by atoms with van der Waals surface area (Å²) in [4.78, 5) is 25.7. The maximum atomic E-state index is 12.9. The minimum atomic E-state index is -1.76. The van der Waals surface area contributed by atoms with Gasteiger partial charge in [0.05, 0.1) is 19.8 Å². The lowest BCUT2D eigenvalue weighted by atomic mass is 9.98. The number of aliphatic hydroxyl groups is 7. The molecule has 0 aromatic rings. The minimum Gasteiger partial charge on any atom is -0.462 e. The number of carbonyl (C=O) groups excluding carboxylic acids is 2. The maximum Gasteiger partial charge on any atom is 0.306 e. The fourth-order valence-electron chi connectivity index (χ4n) is 7.98. The van der Waals surface area contributed by atoms with Gasteiger partial charge in [0.1, 0.15) is 55.4 Å². The van der Waals surface area contributed by atoms with Crippen molar-refractivity contribution in [1.29, 1.82) is 0 Å². The van der Waals surface area contributed by atoms with Crippen LogP contribution in [0.1, 0.15) is 194 Å². The summed E-state index contributed by atoms with van der Waals surface area (Å²) in [5.74, 6) is -0.914. The molecule has 0 amide bonds. The van der Waals surface area contributed by atoms with Crippen molar-refractivity contribution >= 4 is 11.9 Å². The van der Waals surface area contributed by atoms with Gasteiger partial charge in [-0.2, -0.15) is 0 Å². The summed E-state index contributed by atoms with van der Waals surface area (Å²) in [6.45, 7) is 2.60. The van der Waals surface area contributed by atoms with E-state index in [4.69, 9.17) is 28.4 Å². The molecule has 7 N–H and O–H groups in total. The summed E-state index contributed by atoms with van der Waals surface area (Å²) < 4.78 is 33.5. The van der Waals surface area contributed by atoms with Crippen LogP contribution in [0.25, 0.3) is 0 Å². The van der Waals surface area contributed by atoms with E-state index in [1.54, 1.807) is 0 Å². The topological polar surface area (TPSA) is 231 Å². The van der Waals surface area contributed by atoms with Gasteiger partial charge in [0.15, 0.2) is 18.7 Å². The predicted molar refractivity (Wildman–Crippen MR) is 234 cm³/mol. The van der Waals surface area contributed by atoms with E-state index < -0.39 is 92.7 Å². The van der Waals surface area contributed by atoms with Gasteiger partial charge in [0.2, 0.25) is 0 Å². The highest BCUT2D eigenvalue weighted by Gasteiger charge is 2.47. The van der Waals surface area contributed by atoms with Crippen molar-refractivity contribution < 1.29 is 73.8 Å². The average molecular weight is 893 g/mol. The van der Waals surface area contributed by atoms with Crippen LogP contribution in [-0.4, -0.2) is 142 Å². The second kappa shape index (κ2) is 35.7. The van der Waals surface area contributed by atoms with Gasteiger partial charge >= 0.3 is 11.9 Å². The fourth-order valence-corrected chi connectivity index (χ4v) is 7.98. The Hall–Kier alpha value is -1.50. The summed E-state index contributed by atoms with van der Waals surface area (Å²) in [6.07, 6.45) is 14.3. The molecule has 0 aromatic carbocycles. The molecule has 0 saturated carbocycles. The lowest BCUT2D eigenvalue weighted by Crippen LogP contribution is -2.61. The fraction of sp³-hybridized carbons (Fsp3) is 0.957. The van der Waals surface area contributed by atoms with E-state index in [-0.39, 0.29) is 26.1 Å². The van der Waals surface area contributed by atoms with E-state index in [1.807, 2.05) is 0 Å². The van der Waals surface area contributed by atoms with Crippen molar-refractivity contribution in [1.82, 2.24) is 0 Å². The molecule has 2 saturated heterocycles. The normalized spacial score (nSPS) is 27.0. The van der Waals surface area contributed by atoms with Crippen molar-refractivity contribution in [3.05, 3.63) is 0 Å². The summed E-state index contributed by atoms with van der Waals surface area (Å²) in [5, 5.41) is 71.9. The van der Waals surface area contributed by atoms with Crippen LogP contribution in [0.5, 0.6) is 0 Å². The molecular formula is C47H88O15. The van der Waals surface area contributed by atoms with E-state index in [9.17, 15) is 45.3 Å². The number of aliphatic hydroxyl groups excluding tert-OH is 7. The Bertz CT molecular complexity index is 1100. The molecule has 15 nitrogen and oxygen atoms in total. The Morgan fingerprint density at radius 2 is 0.823 bits per heavy atom. The molecule has 0 bridgehead atoms. The second-order valence-corrected chi connectivity index (χ2v) is 17.7. The predicted octanol–water partition coefficient (Wildman–Crippen LogP) is 6.04. The third-order valence-corrected chi connectivity index (χ3v) is 12.1. The largest absolute Gasteiger partial charge is 0.462 e. The van der Waals surface area contributed by atoms with Gasteiger partial charge in [-0.25, -0.2) is 0 Å². The SMILES string of the molecule is CCCCCCCCCCCCCCCCCC(=O)OC[C@H](CO[C@H]1O[C@H](CO[C@H]2O[C@H](CO)[C@@H](O)[C@H](O)[C@H]2O)[C@@H](O)[C@H](O)[C@H]1O)OC(=O)CCCCCCCCCCCCC. The van der Waals surface area contributed by atoms with Crippen LogP contribution in [0.3, 0.4) is 0 Å². The zero-order chi connectivity index (χ0) is 45.4. The van der Waals surface area contributed by atoms with Crippen LogP contribution in [-0.2, 0) is 38.0 Å². The zero-order valence-corrected chi connectivity index (χ0v) is 38.4. The van der Waals surface area contributed by atoms with Gasteiger partial charge in [0.25, 0.3) is 0 Å². The summed E-state index contributed by atoms with van der Waals surface area (Å²) in [5.41, 5.74) is 0. The molecule has 2 aliphatic heterocycles. The third kappa shape index (κ3) is 24.1. The summed E-state index contributed by atoms with van der Waals surface area (Å²) >= 11 is 0. The molecule has 11 atom stereocenters. The second-order valence-electron chi connectivity index (χ2n) is 17.7.